The SMILES string of the molecule is O=C(N[C@@H]1CCN(C(=O)OCc2cc(Cl)cc(Cl)c2)C1)C1CC2CNCC2C1. The second kappa shape index (κ2) is 8.47. The van der Waals surface area contributed by atoms with E-state index in [1.165, 1.54) is 0 Å². The van der Waals surface area contributed by atoms with Crippen molar-refractivity contribution < 1.29 is 14.3 Å². The number of amides is 2. The molecule has 2 saturated heterocycles. The molecule has 1 saturated carbocycles. The Morgan fingerprint density at radius 2 is 1.82 bits per heavy atom. The summed E-state index contributed by atoms with van der Waals surface area (Å²) in [6, 6.07) is 5.08. The topological polar surface area (TPSA) is 70.7 Å². The highest BCUT2D eigenvalue weighted by Crippen LogP contribution is 2.38. The van der Waals surface area contributed by atoms with Crippen LogP contribution in [0.2, 0.25) is 10.0 Å². The van der Waals surface area contributed by atoms with Gasteiger partial charge >= 0.3 is 6.09 Å². The van der Waals surface area contributed by atoms with E-state index in [2.05, 4.69) is 10.6 Å². The summed E-state index contributed by atoms with van der Waals surface area (Å²) in [5.74, 6) is 1.55. The highest BCUT2D eigenvalue weighted by Gasteiger charge is 2.41. The van der Waals surface area contributed by atoms with Gasteiger partial charge in [0.15, 0.2) is 0 Å². The predicted molar refractivity (Wildman–Crippen MR) is 107 cm³/mol. The lowest BCUT2D eigenvalue weighted by atomic mass is 10.0. The molecule has 0 bridgehead atoms. The Hall–Kier alpha value is -1.50. The number of hydrogen-bond donors (Lipinski definition) is 2. The van der Waals surface area contributed by atoms with Crippen molar-refractivity contribution in [3.05, 3.63) is 33.8 Å². The molecular weight excluding hydrogens is 401 g/mol. The van der Waals surface area contributed by atoms with Gasteiger partial charge in [0.25, 0.3) is 0 Å². The molecule has 152 valence electrons. The van der Waals surface area contributed by atoms with Gasteiger partial charge in [-0.25, -0.2) is 4.79 Å². The molecule has 4 rings (SSSR count). The Morgan fingerprint density at radius 3 is 2.50 bits per heavy atom. The number of carbonyl (C=O) groups excluding carboxylic acids is 2. The zero-order chi connectivity index (χ0) is 19.7. The summed E-state index contributed by atoms with van der Waals surface area (Å²) in [6.45, 7) is 3.26. The van der Waals surface area contributed by atoms with Crippen LogP contribution in [0.1, 0.15) is 24.8 Å². The van der Waals surface area contributed by atoms with Gasteiger partial charge in [0.05, 0.1) is 0 Å². The van der Waals surface area contributed by atoms with Crippen LogP contribution in [0.25, 0.3) is 0 Å². The molecule has 2 aliphatic heterocycles. The molecule has 1 aromatic carbocycles. The zero-order valence-electron chi connectivity index (χ0n) is 15.6. The number of nitrogens with one attached hydrogen (secondary N) is 2. The molecule has 0 aromatic heterocycles. The van der Waals surface area contributed by atoms with Crippen molar-refractivity contribution in [2.75, 3.05) is 26.2 Å². The minimum Gasteiger partial charge on any atom is -0.445 e. The first-order chi connectivity index (χ1) is 13.5. The van der Waals surface area contributed by atoms with Gasteiger partial charge in [0.1, 0.15) is 6.61 Å². The highest BCUT2D eigenvalue weighted by molar-refractivity contribution is 6.34. The fourth-order valence-electron chi connectivity index (χ4n) is 4.67. The average molecular weight is 426 g/mol. The van der Waals surface area contributed by atoms with Gasteiger partial charge in [0.2, 0.25) is 5.91 Å². The largest absolute Gasteiger partial charge is 0.445 e. The number of nitrogens with zero attached hydrogens (tertiary/aromatic N) is 1. The van der Waals surface area contributed by atoms with E-state index in [0.717, 1.165) is 37.9 Å². The lowest BCUT2D eigenvalue weighted by molar-refractivity contribution is -0.125. The van der Waals surface area contributed by atoms with Crippen molar-refractivity contribution in [2.45, 2.75) is 31.9 Å². The van der Waals surface area contributed by atoms with Crippen LogP contribution in [0.3, 0.4) is 0 Å². The number of ether oxygens (including phenoxy) is 1. The molecule has 0 radical (unpaired) electrons. The molecule has 3 aliphatic rings. The number of halogens is 2. The molecule has 6 nitrogen and oxygen atoms in total. The van der Waals surface area contributed by atoms with Crippen LogP contribution in [-0.4, -0.2) is 49.1 Å². The molecule has 2 unspecified atom stereocenters. The van der Waals surface area contributed by atoms with Gasteiger partial charge in [-0.2, -0.15) is 0 Å². The summed E-state index contributed by atoms with van der Waals surface area (Å²) in [5, 5.41) is 7.56. The minimum atomic E-state index is -0.380. The molecule has 3 atom stereocenters. The van der Waals surface area contributed by atoms with Crippen LogP contribution in [0.4, 0.5) is 4.79 Å². The molecular formula is C20H25Cl2N3O3. The van der Waals surface area contributed by atoms with Crippen molar-refractivity contribution >= 4 is 35.2 Å². The van der Waals surface area contributed by atoms with Crippen molar-refractivity contribution in [1.82, 2.24) is 15.5 Å². The van der Waals surface area contributed by atoms with Crippen LogP contribution in [0, 0.1) is 17.8 Å². The third-order valence-corrected chi connectivity index (χ3v) is 6.54. The van der Waals surface area contributed by atoms with E-state index in [1.807, 2.05) is 0 Å². The Balaban J connectivity index is 1.22. The smallest absolute Gasteiger partial charge is 0.410 e. The number of likely N-dealkylation sites (tertiary alicyclic amines) is 1. The fraction of sp³-hybridized carbons (Fsp3) is 0.600. The first-order valence-electron chi connectivity index (χ1n) is 9.85. The summed E-state index contributed by atoms with van der Waals surface area (Å²) >= 11 is 11.9. The van der Waals surface area contributed by atoms with Gasteiger partial charge in [-0.1, -0.05) is 23.2 Å². The monoisotopic (exact) mass is 425 g/mol. The second-order valence-electron chi connectivity index (χ2n) is 8.12. The summed E-state index contributed by atoms with van der Waals surface area (Å²) in [6.07, 6.45) is 2.33. The van der Waals surface area contributed by atoms with Crippen molar-refractivity contribution in [3.63, 3.8) is 0 Å². The van der Waals surface area contributed by atoms with Crippen molar-refractivity contribution in [3.8, 4) is 0 Å². The second-order valence-corrected chi connectivity index (χ2v) is 8.99. The number of carbonyl (C=O) groups is 2. The number of fused-ring (bicyclic) bond motifs is 1. The van der Waals surface area contributed by atoms with E-state index in [-0.39, 0.29) is 30.6 Å². The normalized spacial score (nSPS) is 29.0. The van der Waals surface area contributed by atoms with Gasteiger partial charge in [-0.05, 0) is 68.0 Å². The highest BCUT2D eigenvalue weighted by atomic mass is 35.5. The van der Waals surface area contributed by atoms with Gasteiger partial charge < -0.3 is 20.3 Å². The summed E-state index contributed by atoms with van der Waals surface area (Å²) in [5.41, 5.74) is 0.746. The van der Waals surface area contributed by atoms with E-state index in [9.17, 15) is 9.59 Å². The predicted octanol–water partition coefficient (Wildman–Crippen LogP) is 3.07. The molecule has 2 amide bonds. The van der Waals surface area contributed by atoms with Crippen LogP contribution in [0.5, 0.6) is 0 Å². The Labute approximate surface area is 174 Å². The van der Waals surface area contributed by atoms with E-state index in [4.69, 9.17) is 27.9 Å². The number of benzene rings is 1. The van der Waals surface area contributed by atoms with E-state index in [0.29, 0.717) is 35.0 Å². The first-order valence-corrected chi connectivity index (χ1v) is 10.6. The van der Waals surface area contributed by atoms with Crippen LogP contribution < -0.4 is 10.6 Å². The Kier molecular flexibility index (Phi) is 5.99. The zero-order valence-corrected chi connectivity index (χ0v) is 17.1. The van der Waals surface area contributed by atoms with Crippen LogP contribution >= 0.6 is 23.2 Å². The Bertz CT molecular complexity index is 728. The maximum absolute atomic E-state index is 12.6. The maximum atomic E-state index is 12.6. The van der Waals surface area contributed by atoms with Crippen molar-refractivity contribution in [2.24, 2.45) is 17.8 Å². The minimum absolute atomic E-state index is 0.000713. The Morgan fingerprint density at radius 1 is 1.14 bits per heavy atom. The summed E-state index contributed by atoms with van der Waals surface area (Å²) in [4.78, 5) is 26.6. The molecule has 0 spiro atoms. The van der Waals surface area contributed by atoms with E-state index < -0.39 is 0 Å². The van der Waals surface area contributed by atoms with E-state index in [1.54, 1.807) is 23.1 Å². The third-order valence-electron chi connectivity index (χ3n) is 6.10. The first kappa shape index (κ1) is 19.8. The number of rotatable bonds is 4. The summed E-state index contributed by atoms with van der Waals surface area (Å²) in [7, 11) is 0. The van der Waals surface area contributed by atoms with Crippen molar-refractivity contribution in [1.29, 1.82) is 0 Å². The number of hydrogen-bond acceptors (Lipinski definition) is 4. The quantitative estimate of drug-likeness (QED) is 0.777. The molecule has 8 heteroatoms. The molecule has 2 N–H and O–H groups in total. The lowest BCUT2D eigenvalue weighted by Crippen LogP contribution is -2.41. The average Bonchev–Trinajstić information content (AvgIpc) is 3.34. The van der Waals surface area contributed by atoms with Crippen LogP contribution in [-0.2, 0) is 16.1 Å². The molecule has 28 heavy (non-hydrogen) atoms. The van der Waals surface area contributed by atoms with Gasteiger partial charge in [-0.3, -0.25) is 4.79 Å². The standard InChI is InChI=1S/C20H25Cl2N3O3/c21-16-3-12(4-17(22)7-16)11-28-20(27)25-2-1-18(10-25)24-19(26)13-5-14-8-23-9-15(14)6-13/h3-4,7,13-15,18,23H,1-2,5-6,8-11H2,(H,24,26)/t13?,14?,15?,18-/m1/s1. The maximum Gasteiger partial charge on any atom is 0.410 e. The van der Waals surface area contributed by atoms with Gasteiger partial charge in [0, 0.05) is 35.1 Å². The van der Waals surface area contributed by atoms with Gasteiger partial charge in [-0.15, -0.1) is 0 Å². The lowest BCUT2D eigenvalue weighted by Gasteiger charge is -2.19. The molecule has 1 aromatic rings. The molecule has 2 heterocycles. The van der Waals surface area contributed by atoms with E-state index >= 15 is 0 Å². The molecule has 3 fully saturated rings. The third kappa shape index (κ3) is 4.56. The fourth-order valence-corrected chi connectivity index (χ4v) is 5.25. The van der Waals surface area contributed by atoms with Crippen LogP contribution in [0.15, 0.2) is 18.2 Å². The summed E-state index contributed by atoms with van der Waals surface area (Å²) < 4.78 is 5.38. The molecule has 1 aliphatic carbocycles.